The molecule has 2 rings (SSSR count). The van der Waals surface area contributed by atoms with Crippen LogP contribution in [0.1, 0.15) is 62.3 Å². The maximum atomic E-state index is 11.8. The lowest BCUT2D eigenvalue weighted by Gasteiger charge is -2.20. The molecule has 0 saturated heterocycles. The van der Waals surface area contributed by atoms with Crippen molar-refractivity contribution in [1.29, 1.82) is 0 Å². The van der Waals surface area contributed by atoms with E-state index in [2.05, 4.69) is 10.1 Å². The molecule has 2 aromatic rings. The summed E-state index contributed by atoms with van der Waals surface area (Å²) in [5.41, 5.74) is -1.32. The Kier molecular flexibility index (Phi) is 9.31. The van der Waals surface area contributed by atoms with Crippen molar-refractivity contribution in [2.45, 2.75) is 79.1 Å². The van der Waals surface area contributed by atoms with Crippen LogP contribution >= 0.6 is 0 Å². The molecule has 0 unspecified atom stereocenters. The second kappa shape index (κ2) is 11.1. The first-order valence-electron chi connectivity index (χ1n) is 10.7. The first-order valence-corrected chi connectivity index (χ1v) is 10.7. The van der Waals surface area contributed by atoms with E-state index in [1.807, 2.05) is 32.9 Å². The maximum absolute atomic E-state index is 11.8. The van der Waals surface area contributed by atoms with Gasteiger partial charge in [0.1, 0.15) is 22.6 Å². The number of aromatic hydroxyl groups is 1. The van der Waals surface area contributed by atoms with Crippen LogP contribution in [0, 0.1) is 0 Å². The van der Waals surface area contributed by atoms with Crippen LogP contribution in [-0.4, -0.2) is 40.3 Å². The lowest BCUT2D eigenvalue weighted by Crippen LogP contribution is -2.29. The first kappa shape index (κ1) is 28.5. The fourth-order valence-electron chi connectivity index (χ4n) is 2.39. The largest absolute Gasteiger partial charge is 0.519 e. The predicted molar refractivity (Wildman–Crippen MR) is 129 cm³/mol. The Hall–Kier alpha value is -3.49. The molecule has 0 radical (unpaired) electrons. The van der Waals surface area contributed by atoms with Crippen LogP contribution in [0.2, 0.25) is 0 Å². The Morgan fingerprint density at radius 3 is 1.71 bits per heavy atom. The molecule has 2 aromatic carbocycles. The molecule has 188 valence electrons. The fraction of sp³-hybridized carbons (Fsp3) is 0.480. The second-order valence-electron chi connectivity index (χ2n) is 10.4. The van der Waals surface area contributed by atoms with E-state index in [-0.39, 0.29) is 5.75 Å². The molecular formula is C25H35NO8. The van der Waals surface area contributed by atoms with Crippen molar-refractivity contribution in [1.82, 2.24) is 0 Å². The molecule has 0 aliphatic carbocycles. The van der Waals surface area contributed by atoms with Gasteiger partial charge in [0, 0.05) is 5.39 Å². The summed E-state index contributed by atoms with van der Waals surface area (Å²) in [6.45, 7) is 15.4. The Morgan fingerprint density at radius 1 is 0.735 bits per heavy atom. The number of ether oxygens (including phenoxy) is 4. The number of phenolic OH excluding ortho intramolecular Hbond substituents is 1. The average Bonchev–Trinajstić information content (AvgIpc) is 2.57. The third-order valence-corrected chi connectivity index (χ3v) is 3.45. The van der Waals surface area contributed by atoms with Crippen LogP contribution in [0.3, 0.4) is 0 Å². The van der Waals surface area contributed by atoms with Crippen molar-refractivity contribution < 1.29 is 38.4 Å². The monoisotopic (exact) mass is 477 g/mol. The third kappa shape index (κ3) is 11.9. The van der Waals surface area contributed by atoms with Crippen molar-refractivity contribution in [3.63, 3.8) is 0 Å². The zero-order chi connectivity index (χ0) is 26.3. The highest BCUT2D eigenvalue weighted by Gasteiger charge is 2.24. The topological polar surface area (TPSA) is 120 Å². The zero-order valence-corrected chi connectivity index (χ0v) is 21.3. The van der Waals surface area contributed by atoms with Gasteiger partial charge in [0.15, 0.2) is 0 Å². The molecule has 0 spiro atoms. The van der Waals surface area contributed by atoms with Crippen LogP contribution in [0.4, 0.5) is 20.1 Å². The SMILES string of the molecule is CC(C)(C)OC(=O)Nc1cccc2ccc(O)cc12.CC(C)(C)OC(=O)OC(=O)OC(C)(C)C. The van der Waals surface area contributed by atoms with E-state index >= 15 is 0 Å². The number of fused-ring (bicyclic) bond motifs is 1. The predicted octanol–water partition coefficient (Wildman–Crippen LogP) is 6.77. The second-order valence-corrected chi connectivity index (χ2v) is 10.4. The molecule has 0 atom stereocenters. The number of nitrogens with one attached hydrogen (secondary N) is 1. The molecule has 9 heteroatoms. The number of hydrogen-bond acceptors (Lipinski definition) is 8. The van der Waals surface area contributed by atoms with Crippen molar-refractivity contribution in [2.75, 3.05) is 5.32 Å². The van der Waals surface area contributed by atoms with Gasteiger partial charge in [-0.2, -0.15) is 0 Å². The quantitative estimate of drug-likeness (QED) is 0.262. The van der Waals surface area contributed by atoms with Gasteiger partial charge in [-0.3, -0.25) is 5.32 Å². The Labute approximate surface area is 200 Å². The van der Waals surface area contributed by atoms with Gasteiger partial charge in [-0.1, -0.05) is 18.2 Å². The van der Waals surface area contributed by atoms with E-state index in [0.717, 1.165) is 10.8 Å². The van der Waals surface area contributed by atoms with Crippen LogP contribution in [0.25, 0.3) is 10.8 Å². The lowest BCUT2D eigenvalue weighted by molar-refractivity contribution is -0.0294. The van der Waals surface area contributed by atoms with Gasteiger partial charge in [-0.15, -0.1) is 0 Å². The highest BCUT2D eigenvalue weighted by molar-refractivity contribution is 6.00. The first-order chi connectivity index (χ1) is 15.3. The molecule has 9 nitrogen and oxygen atoms in total. The maximum Gasteiger partial charge on any atom is 0.519 e. The number of benzene rings is 2. The summed E-state index contributed by atoms with van der Waals surface area (Å²) >= 11 is 0. The van der Waals surface area contributed by atoms with Crippen LogP contribution in [-0.2, 0) is 18.9 Å². The summed E-state index contributed by atoms with van der Waals surface area (Å²) in [4.78, 5) is 33.8. The smallest absolute Gasteiger partial charge is 0.508 e. The van der Waals surface area contributed by atoms with Crippen molar-refractivity contribution in [3.05, 3.63) is 36.4 Å². The van der Waals surface area contributed by atoms with Crippen molar-refractivity contribution >= 4 is 34.9 Å². The molecule has 2 N–H and O–H groups in total. The molecule has 1 amide bonds. The zero-order valence-electron chi connectivity index (χ0n) is 21.3. The van der Waals surface area contributed by atoms with E-state index in [1.54, 1.807) is 65.8 Å². The summed E-state index contributed by atoms with van der Waals surface area (Å²) in [7, 11) is 0. The number of rotatable bonds is 1. The number of carbonyl (C=O) groups is 3. The fourth-order valence-corrected chi connectivity index (χ4v) is 2.39. The van der Waals surface area contributed by atoms with Gasteiger partial charge in [0.2, 0.25) is 0 Å². The minimum absolute atomic E-state index is 0.158. The van der Waals surface area contributed by atoms with E-state index in [9.17, 15) is 19.5 Å². The Morgan fingerprint density at radius 2 is 1.24 bits per heavy atom. The molecular weight excluding hydrogens is 442 g/mol. The summed E-state index contributed by atoms with van der Waals surface area (Å²) in [5.74, 6) is 0.158. The average molecular weight is 478 g/mol. The molecule has 0 fully saturated rings. The minimum atomic E-state index is -1.06. The van der Waals surface area contributed by atoms with E-state index < -0.39 is 35.2 Å². The van der Waals surface area contributed by atoms with Gasteiger partial charge >= 0.3 is 18.4 Å². The van der Waals surface area contributed by atoms with Crippen LogP contribution in [0.15, 0.2) is 36.4 Å². The number of amides is 1. The molecule has 0 aromatic heterocycles. The Balaban J connectivity index is 0.000000352. The van der Waals surface area contributed by atoms with E-state index in [4.69, 9.17) is 14.2 Å². The molecule has 0 aliphatic rings. The number of phenols is 1. The molecule has 0 saturated carbocycles. The number of hydrogen-bond donors (Lipinski definition) is 2. The van der Waals surface area contributed by atoms with E-state index in [0.29, 0.717) is 5.69 Å². The molecule has 34 heavy (non-hydrogen) atoms. The summed E-state index contributed by atoms with van der Waals surface area (Å²) in [6.07, 6.45) is -2.63. The van der Waals surface area contributed by atoms with Gasteiger partial charge in [-0.05, 0) is 85.9 Å². The highest BCUT2D eigenvalue weighted by atomic mass is 16.8. The van der Waals surface area contributed by atoms with Gasteiger partial charge in [-0.25, -0.2) is 14.4 Å². The Bertz CT molecular complexity index is 984. The lowest BCUT2D eigenvalue weighted by atomic mass is 10.1. The minimum Gasteiger partial charge on any atom is -0.508 e. The van der Waals surface area contributed by atoms with Crippen molar-refractivity contribution in [2.24, 2.45) is 0 Å². The molecule has 0 heterocycles. The standard InChI is InChI=1S/C15H17NO3.C10H18O5/c1-15(2,3)19-14(18)16-13-6-4-5-10-7-8-11(17)9-12(10)13;1-9(2,3)14-7(11)13-8(12)15-10(4,5)6/h4-9,17H,1-3H3,(H,16,18);1-6H3. The number of carbonyl (C=O) groups excluding carboxylic acids is 3. The van der Waals surface area contributed by atoms with Crippen LogP contribution < -0.4 is 5.32 Å². The van der Waals surface area contributed by atoms with Crippen LogP contribution in [0.5, 0.6) is 5.75 Å². The van der Waals surface area contributed by atoms with Crippen molar-refractivity contribution in [3.8, 4) is 5.75 Å². The van der Waals surface area contributed by atoms with Gasteiger partial charge in [0.05, 0.1) is 5.69 Å². The summed E-state index contributed by atoms with van der Waals surface area (Å²) in [6, 6.07) is 10.5. The number of anilines is 1. The third-order valence-electron chi connectivity index (χ3n) is 3.45. The molecule has 0 bridgehead atoms. The summed E-state index contributed by atoms with van der Waals surface area (Å²) in [5, 5.41) is 13.9. The highest BCUT2D eigenvalue weighted by Crippen LogP contribution is 2.27. The normalized spacial score (nSPS) is 11.6. The summed E-state index contributed by atoms with van der Waals surface area (Å²) < 4.78 is 19.0. The van der Waals surface area contributed by atoms with Gasteiger partial charge in [0.25, 0.3) is 0 Å². The molecule has 0 aliphatic heterocycles. The van der Waals surface area contributed by atoms with E-state index in [1.165, 1.54) is 0 Å². The van der Waals surface area contributed by atoms with Gasteiger partial charge < -0.3 is 24.1 Å².